The number of nitrogens with one attached hydrogen (secondary N) is 2. The molecule has 1 aromatic carbocycles. The molecule has 1 aliphatic heterocycles. The predicted molar refractivity (Wildman–Crippen MR) is 59.1 cm³/mol. The molecule has 88 valence electrons. The summed E-state index contributed by atoms with van der Waals surface area (Å²) >= 11 is 0. The molecule has 0 saturated carbocycles. The number of nitro groups is 1. The SMILES string of the molecule is NC1=N[C@H](c2cccc([N+](=O)[O-])c2)NC(=O)N1. The third kappa shape index (κ3) is 2.30. The van der Waals surface area contributed by atoms with Crippen LogP contribution < -0.4 is 16.4 Å². The highest BCUT2D eigenvalue weighted by Gasteiger charge is 2.20. The van der Waals surface area contributed by atoms with Crippen molar-refractivity contribution in [1.29, 1.82) is 0 Å². The first kappa shape index (κ1) is 10.9. The van der Waals surface area contributed by atoms with Crippen molar-refractivity contribution in [3.05, 3.63) is 39.9 Å². The van der Waals surface area contributed by atoms with Gasteiger partial charge in [0.25, 0.3) is 5.69 Å². The Hall–Kier alpha value is -2.64. The van der Waals surface area contributed by atoms with Crippen LogP contribution in [-0.4, -0.2) is 16.9 Å². The summed E-state index contributed by atoms with van der Waals surface area (Å²) in [6.07, 6.45) is -0.705. The van der Waals surface area contributed by atoms with Crippen molar-refractivity contribution in [2.45, 2.75) is 6.17 Å². The number of guanidine groups is 1. The van der Waals surface area contributed by atoms with Gasteiger partial charge < -0.3 is 11.1 Å². The van der Waals surface area contributed by atoms with E-state index in [-0.39, 0.29) is 11.6 Å². The first-order chi connectivity index (χ1) is 8.06. The normalized spacial score (nSPS) is 18.9. The van der Waals surface area contributed by atoms with Crippen molar-refractivity contribution in [2.75, 3.05) is 0 Å². The maximum absolute atomic E-state index is 11.2. The molecular formula is C9H9N5O3. The molecule has 8 nitrogen and oxygen atoms in total. The van der Waals surface area contributed by atoms with Crippen LogP contribution in [0.4, 0.5) is 10.5 Å². The van der Waals surface area contributed by atoms with E-state index in [9.17, 15) is 14.9 Å². The molecule has 1 aliphatic rings. The summed E-state index contributed by atoms with van der Waals surface area (Å²) in [4.78, 5) is 25.2. The number of nitrogens with two attached hydrogens (primary N) is 1. The number of urea groups is 1. The van der Waals surface area contributed by atoms with Crippen molar-refractivity contribution in [1.82, 2.24) is 10.6 Å². The van der Waals surface area contributed by atoms with Crippen LogP contribution in [0.5, 0.6) is 0 Å². The summed E-state index contributed by atoms with van der Waals surface area (Å²) in [5.74, 6) is -0.0229. The molecule has 0 aromatic heterocycles. The molecule has 0 aliphatic carbocycles. The summed E-state index contributed by atoms with van der Waals surface area (Å²) in [6, 6.07) is 5.36. The van der Waals surface area contributed by atoms with E-state index < -0.39 is 17.1 Å². The number of hydrogen-bond donors (Lipinski definition) is 3. The average molecular weight is 235 g/mol. The maximum Gasteiger partial charge on any atom is 0.323 e. The van der Waals surface area contributed by atoms with Gasteiger partial charge in [0.2, 0.25) is 0 Å². The first-order valence-corrected chi connectivity index (χ1v) is 4.71. The van der Waals surface area contributed by atoms with Crippen molar-refractivity contribution >= 4 is 17.7 Å². The minimum Gasteiger partial charge on any atom is -0.370 e. The van der Waals surface area contributed by atoms with Gasteiger partial charge in [0.1, 0.15) is 0 Å². The predicted octanol–water partition coefficient (Wildman–Crippen LogP) is 0.221. The largest absolute Gasteiger partial charge is 0.370 e. The van der Waals surface area contributed by atoms with Crippen LogP contribution in [0, 0.1) is 10.1 Å². The van der Waals surface area contributed by atoms with Gasteiger partial charge in [-0.25, -0.2) is 9.79 Å². The Morgan fingerprint density at radius 3 is 2.88 bits per heavy atom. The fourth-order valence-electron chi connectivity index (χ4n) is 1.45. The monoisotopic (exact) mass is 235 g/mol. The molecule has 1 atom stereocenters. The molecule has 1 heterocycles. The molecule has 0 saturated heterocycles. The number of amides is 2. The maximum atomic E-state index is 11.2. The summed E-state index contributed by atoms with van der Waals surface area (Å²) in [5.41, 5.74) is 5.83. The lowest BCUT2D eigenvalue weighted by molar-refractivity contribution is -0.384. The highest BCUT2D eigenvalue weighted by atomic mass is 16.6. The molecule has 1 aromatic rings. The fourth-order valence-corrected chi connectivity index (χ4v) is 1.45. The van der Waals surface area contributed by atoms with Crippen molar-refractivity contribution < 1.29 is 9.72 Å². The summed E-state index contributed by atoms with van der Waals surface area (Å²) in [6.45, 7) is 0. The summed E-state index contributed by atoms with van der Waals surface area (Å²) in [7, 11) is 0. The molecule has 2 amide bonds. The number of benzene rings is 1. The molecule has 8 heteroatoms. The van der Waals surface area contributed by atoms with E-state index in [1.54, 1.807) is 6.07 Å². The van der Waals surface area contributed by atoms with Gasteiger partial charge >= 0.3 is 6.03 Å². The Morgan fingerprint density at radius 2 is 2.24 bits per heavy atom. The number of carbonyl (C=O) groups is 1. The average Bonchev–Trinajstić information content (AvgIpc) is 2.28. The zero-order valence-electron chi connectivity index (χ0n) is 8.58. The Kier molecular flexibility index (Phi) is 2.61. The summed E-state index contributed by atoms with van der Waals surface area (Å²) < 4.78 is 0. The van der Waals surface area contributed by atoms with Crippen LogP contribution in [0.15, 0.2) is 29.3 Å². The molecule has 4 N–H and O–H groups in total. The van der Waals surface area contributed by atoms with Crippen LogP contribution in [0.2, 0.25) is 0 Å². The van der Waals surface area contributed by atoms with E-state index in [0.29, 0.717) is 5.56 Å². The Labute approximate surface area is 95.7 Å². The van der Waals surface area contributed by atoms with Gasteiger partial charge in [-0.15, -0.1) is 0 Å². The number of rotatable bonds is 2. The highest BCUT2D eigenvalue weighted by molar-refractivity contribution is 5.97. The van der Waals surface area contributed by atoms with Crippen LogP contribution in [-0.2, 0) is 0 Å². The van der Waals surface area contributed by atoms with Gasteiger partial charge in [-0.3, -0.25) is 15.4 Å². The van der Waals surface area contributed by atoms with E-state index in [1.165, 1.54) is 18.2 Å². The van der Waals surface area contributed by atoms with Gasteiger partial charge in [-0.2, -0.15) is 0 Å². The van der Waals surface area contributed by atoms with Crippen LogP contribution in [0.1, 0.15) is 11.7 Å². The van der Waals surface area contributed by atoms with Crippen LogP contribution >= 0.6 is 0 Å². The number of carbonyl (C=O) groups excluding carboxylic acids is 1. The molecule has 0 unspecified atom stereocenters. The molecule has 0 spiro atoms. The minimum absolute atomic E-state index is 0.0229. The molecule has 17 heavy (non-hydrogen) atoms. The van der Waals surface area contributed by atoms with E-state index in [2.05, 4.69) is 15.6 Å². The molecule has 2 rings (SSSR count). The van der Waals surface area contributed by atoms with E-state index in [1.807, 2.05) is 0 Å². The van der Waals surface area contributed by atoms with Crippen LogP contribution in [0.3, 0.4) is 0 Å². The smallest absolute Gasteiger partial charge is 0.323 e. The Bertz CT molecular complexity index is 513. The fraction of sp³-hybridized carbons (Fsp3) is 0.111. The Morgan fingerprint density at radius 1 is 1.47 bits per heavy atom. The molecule has 0 bridgehead atoms. The zero-order chi connectivity index (χ0) is 12.4. The van der Waals surface area contributed by atoms with Gasteiger partial charge in [-0.05, 0) is 0 Å². The van der Waals surface area contributed by atoms with E-state index in [4.69, 9.17) is 5.73 Å². The Balaban J connectivity index is 2.34. The van der Waals surface area contributed by atoms with Crippen LogP contribution in [0.25, 0.3) is 0 Å². The topological polar surface area (TPSA) is 123 Å². The van der Waals surface area contributed by atoms with Crippen molar-refractivity contribution in [3.8, 4) is 0 Å². The molecule has 0 fully saturated rings. The summed E-state index contributed by atoms with van der Waals surface area (Å²) in [5, 5.41) is 15.4. The van der Waals surface area contributed by atoms with E-state index >= 15 is 0 Å². The van der Waals surface area contributed by atoms with Gasteiger partial charge in [0.05, 0.1) is 4.92 Å². The second-order valence-electron chi connectivity index (χ2n) is 3.37. The second kappa shape index (κ2) is 4.08. The van der Waals surface area contributed by atoms with Gasteiger partial charge in [0.15, 0.2) is 12.1 Å². The number of nitro benzene ring substituents is 1. The first-order valence-electron chi connectivity index (χ1n) is 4.71. The lowest BCUT2D eigenvalue weighted by Crippen LogP contribution is -2.49. The highest BCUT2D eigenvalue weighted by Crippen LogP contribution is 2.20. The van der Waals surface area contributed by atoms with Gasteiger partial charge in [-0.1, -0.05) is 12.1 Å². The second-order valence-corrected chi connectivity index (χ2v) is 3.37. The lowest BCUT2D eigenvalue weighted by Gasteiger charge is -2.20. The zero-order valence-corrected chi connectivity index (χ0v) is 8.58. The van der Waals surface area contributed by atoms with Crippen molar-refractivity contribution in [3.63, 3.8) is 0 Å². The lowest BCUT2D eigenvalue weighted by atomic mass is 10.1. The number of hydrogen-bond acceptors (Lipinski definition) is 5. The van der Waals surface area contributed by atoms with Crippen molar-refractivity contribution in [2.24, 2.45) is 10.7 Å². The minimum atomic E-state index is -0.705. The third-order valence-corrected chi connectivity index (χ3v) is 2.17. The standard InChI is InChI=1S/C9H9N5O3/c10-8-11-7(12-9(15)13-8)5-2-1-3-6(4-5)14(16)17/h1-4,7H,(H4,10,11,12,13,15)/t7-/m0/s1. The molecule has 0 radical (unpaired) electrons. The van der Waals surface area contributed by atoms with Gasteiger partial charge in [0, 0.05) is 17.7 Å². The third-order valence-electron chi connectivity index (χ3n) is 2.17. The number of nitrogens with zero attached hydrogens (tertiary/aromatic N) is 2. The van der Waals surface area contributed by atoms with E-state index in [0.717, 1.165) is 0 Å². The number of non-ortho nitro benzene ring substituents is 1. The quantitative estimate of drug-likeness (QED) is 0.501. The number of aliphatic imine (C=N–C) groups is 1. The molecular weight excluding hydrogens is 226 g/mol.